The number of hydrogen-bond donors (Lipinski definition) is 3. The van der Waals surface area contributed by atoms with Gasteiger partial charge in [0.1, 0.15) is 6.04 Å². The third-order valence-electron chi connectivity index (χ3n) is 3.75. The summed E-state index contributed by atoms with van der Waals surface area (Å²) < 4.78 is 0. The molecule has 1 atom stereocenters. The summed E-state index contributed by atoms with van der Waals surface area (Å²) in [5.41, 5.74) is -0.00910. The quantitative estimate of drug-likeness (QED) is 0.538. The van der Waals surface area contributed by atoms with Crippen molar-refractivity contribution in [1.82, 2.24) is 16.0 Å². The number of carbonyl (C=O) groups is 2. The second-order valence-corrected chi connectivity index (χ2v) is 5.54. The smallest absolute Gasteiger partial charge is 0.270 e. The molecule has 0 aromatic heterocycles. The number of non-ortho nitro benzene ring substituents is 1. The van der Waals surface area contributed by atoms with E-state index in [4.69, 9.17) is 0 Å². The van der Waals surface area contributed by atoms with Gasteiger partial charge in [0.25, 0.3) is 11.6 Å². The van der Waals surface area contributed by atoms with E-state index in [9.17, 15) is 19.7 Å². The average molecular weight is 357 g/mol. The Morgan fingerprint density at radius 1 is 1.33 bits per heavy atom. The first-order chi connectivity index (χ1) is 11.0. The van der Waals surface area contributed by atoms with Crippen molar-refractivity contribution in [2.45, 2.75) is 31.8 Å². The van der Waals surface area contributed by atoms with Crippen LogP contribution in [0.2, 0.25) is 0 Å². The van der Waals surface area contributed by atoms with Crippen LogP contribution >= 0.6 is 12.4 Å². The molecule has 1 aromatic rings. The van der Waals surface area contributed by atoms with Gasteiger partial charge in [0.15, 0.2) is 0 Å². The van der Waals surface area contributed by atoms with Gasteiger partial charge in [-0.15, -0.1) is 12.4 Å². The highest BCUT2D eigenvalue weighted by Crippen LogP contribution is 2.13. The molecule has 9 heteroatoms. The van der Waals surface area contributed by atoms with Crippen LogP contribution < -0.4 is 16.0 Å². The first-order valence-corrected chi connectivity index (χ1v) is 7.54. The number of halogens is 1. The number of nitrogens with one attached hydrogen (secondary N) is 3. The minimum absolute atomic E-state index is 0. The number of nitro groups is 1. The topological polar surface area (TPSA) is 113 Å². The summed E-state index contributed by atoms with van der Waals surface area (Å²) in [5, 5.41) is 19.4. The number of benzene rings is 1. The molecule has 24 heavy (non-hydrogen) atoms. The van der Waals surface area contributed by atoms with E-state index in [2.05, 4.69) is 16.0 Å². The van der Waals surface area contributed by atoms with Gasteiger partial charge in [0.05, 0.1) is 4.92 Å². The predicted molar refractivity (Wildman–Crippen MR) is 91.3 cm³/mol. The molecule has 8 nitrogen and oxygen atoms in total. The first-order valence-electron chi connectivity index (χ1n) is 7.54. The van der Waals surface area contributed by atoms with Crippen molar-refractivity contribution in [2.75, 3.05) is 13.1 Å². The number of nitro benzene ring substituents is 1. The Kier molecular flexibility index (Phi) is 7.60. The summed E-state index contributed by atoms with van der Waals surface area (Å²) >= 11 is 0. The Bertz CT molecular complexity index is 605. The summed E-state index contributed by atoms with van der Waals surface area (Å²) in [4.78, 5) is 34.4. The molecule has 1 unspecified atom stereocenters. The fraction of sp³-hybridized carbons (Fsp3) is 0.467. The van der Waals surface area contributed by atoms with Gasteiger partial charge in [-0.2, -0.15) is 0 Å². The van der Waals surface area contributed by atoms with Crippen LogP contribution in [0.25, 0.3) is 0 Å². The molecule has 0 aliphatic carbocycles. The Morgan fingerprint density at radius 2 is 2.00 bits per heavy atom. The largest absolute Gasteiger partial charge is 0.351 e. The van der Waals surface area contributed by atoms with E-state index in [-0.39, 0.29) is 35.6 Å². The molecule has 3 N–H and O–H groups in total. The first kappa shape index (κ1) is 19.9. The lowest BCUT2D eigenvalue weighted by atomic mass is 10.1. The summed E-state index contributed by atoms with van der Waals surface area (Å²) in [6, 6.07) is 4.81. The van der Waals surface area contributed by atoms with E-state index >= 15 is 0 Å². The molecular formula is C15H21ClN4O4. The van der Waals surface area contributed by atoms with Gasteiger partial charge in [-0.05, 0) is 38.9 Å². The summed E-state index contributed by atoms with van der Waals surface area (Å²) in [6.45, 7) is 3.31. The molecular weight excluding hydrogens is 336 g/mol. The molecule has 1 aliphatic heterocycles. The van der Waals surface area contributed by atoms with Crippen molar-refractivity contribution in [3.05, 3.63) is 39.9 Å². The monoisotopic (exact) mass is 356 g/mol. The van der Waals surface area contributed by atoms with Crippen molar-refractivity contribution in [3.8, 4) is 0 Å². The number of rotatable bonds is 5. The third-order valence-corrected chi connectivity index (χ3v) is 3.75. The normalized spacial score (nSPS) is 15.7. The van der Waals surface area contributed by atoms with E-state index in [0.29, 0.717) is 0 Å². The van der Waals surface area contributed by atoms with Crippen LogP contribution in [0, 0.1) is 10.1 Å². The van der Waals surface area contributed by atoms with E-state index in [0.717, 1.165) is 25.9 Å². The van der Waals surface area contributed by atoms with Gasteiger partial charge >= 0.3 is 0 Å². The van der Waals surface area contributed by atoms with Crippen LogP contribution in [0.1, 0.15) is 30.1 Å². The molecule has 1 saturated heterocycles. The van der Waals surface area contributed by atoms with Crippen LogP contribution in [0.4, 0.5) is 5.69 Å². The average Bonchev–Trinajstić information content (AvgIpc) is 2.55. The van der Waals surface area contributed by atoms with Crippen molar-refractivity contribution < 1.29 is 14.5 Å². The molecule has 2 amide bonds. The molecule has 1 aliphatic rings. The molecule has 0 spiro atoms. The Hall–Kier alpha value is -2.19. The zero-order valence-electron chi connectivity index (χ0n) is 13.3. The van der Waals surface area contributed by atoms with Gasteiger partial charge in [0, 0.05) is 23.7 Å². The van der Waals surface area contributed by atoms with E-state index in [1.807, 2.05) is 0 Å². The van der Waals surface area contributed by atoms with Crippen LogP contribution in [0.15, 0.2) is 24.3 Å². The minimum atomic E-state index is -0.711. The van der Waals surface area contributed by atoms with Crippen molar-refractivity contribution in [3.63, 3.8) is 0 Å². The highest BCUT2D eigenvalue weighted by molar-refractivity contribution is 5.97. The highest BCUT2D eigenvalue weighted by Gasteiger charge is 2.21. The number of hydrogen-bond acceptors (Lipinski definition) is 5. The molecule has 1 aromatic carbocycles. The predicted octanol–water partition coefficient (Wildman–Crippen LogP) is 1.00. The third kappa shape index (κ3) is 5.47. The lowest BCUT2D eigenvalue weighted by Gasteiger charge is -2.25. The van der Waals surface area contributed by atoms with Gasteiger partial charge in [-0.25, -0.2) is 0 Å². The van der Waals surface area contributed by atoms with Gasteiger partial charge in [-0.3, -0.25) is 19.7 Å². The SMILES string of the molecule is CC(NC(=O)c1cccc([N+](=O)[O-])c1)C(=O)NC1CCNCC1.Cl. The maximum absolute atomic E-state index is 12.1. The van der Waals surface area contributed by atoms with E-state index in [1.165, 1.54) is 24.3 Å². The van der Waals surface area contributed by atoms with Crippen LogP contribution in [-0.2, 0) is 4.79 Å². The molecule has 1 fully saturated rings. The summed E-state index contributed by atoms with van der Waals surface area (Å²) in [7, 11) is 0. The van der Waals surface area contributed by atoms with Gasteiger partial charge < -0.3 is 16.0 Å². The molecule has 132 valence electrons. The Labute approximate surface area is 145 Å². The fourth-order valence-corrected chi connectivity index (χ4v) is 2.40. The van der Waals surface area contributed by atoms with Crippen molar-refractivity contribution in [2.24, 2.45) is 0 Å². The molecule has 0 bridgehead atoms. The fourth-order valence-electron chi connectivity index (χ4n) is 2.40. The molecule has 2 rings (SSSR count). The maximum Gasteiger partial charge on any atom is 0.270 e. The number of carbonyl (C=O) groups excluding carboxylic acids is 2. The second kappa shape index (κ2) is 9.19. The lowest BCUT2D eigenvalue weighted by Crippen LogP contribution is -2.50. The van der Waals surface area contributed by atoms with Crippen LogP contribution in [0.5, 0.6) is 0 Å². The lowest BCUT2D eigenvalue weighted by molar-refractivity contribution is -0.384. The van der Waals surface area contributed by atoms with Crippen LogP contribution in [0.3, 0.4) is 0 Å². The maximum atomic E-state index is 12.1. The molecule has 1 heterocycles. The standard InChI is InChI=1S/C15H20N4O4.ClH/c1-10(14(20)18-12-5-7-16-8-6-12)17-15(21)11-3-2-4-13(9-11)19(22)23;/h2-4,9-10,12,16H,5-8H2,1H3,(H,17,21)(H,18,20);1H. The van der Waals surface area contributed by atoms with Crippen molar-refractivity contribution in [1.29, 1.82) is 0 Å². The zero-order valence-corrected chi connectivity index (χ0v) is 14.1. The van der Waals surface area contributed by atoms with E-state index in [1.54, 1.807) is 6.92 Å². The summed E-state index contributed by atoms with van der Waals surface area (Å²) in [5.74, 6) is -0.766. The van der Waals surface area contributed by atoms with Gasteiger partial charge in [-0.1, -0.05) is 6.07 Å². The molecule has 0 saturated carbocycles. The highest BCUT2D eigenvalue weighted by atomic mass is 35.5. The summed E-state index contributed by atoms with van der Waals surface area (Å²) in [6.07, 6.45) is 1.72. The number of nitrogens with zero attached hydrogens (tertiary/aromatic N) is 1. The minimum Gasteiger partial charge on any atom is -0.351 e. The van der Waals surface area contributed by atoms with E-state index < -0.39 is 16.9 Å². The van der Waals surface area contributed by atoms with Gasteiger partial charge in [0.2, 0.25) is 5.91 Å². The number of amides is 2. The Morgan fingerprint density at radius 3 is 2.62 bits per heavy atom. The molecule has 0 radical (unpaired) electrons. The van der Waals surface area contributed by atoms with Crippen LogP contribution in [-0.4, -0.2) is 41.9 Å². The zero-order chi connectivity index (χ0) is 16.8. The second-order valence-electron chi connectivity index (χ2n) is 5.54. The number of piperidine rings is 1. The Balaban J connectivity index is 0.00000288. The van der Waals surface area contributed by atoms with Crippen molar-refractivity contribution >= 4 is 29.9 Å².